The highest BCUT2D eigenvalue weighted by Crippen LogP contribution is 2.20. The van der Waals surface area contributed by atoms with Crippen LogP contribution in [0.5, 0.6) is 0 Å². The molecule has 0 spiro atoms. The van der Waals surface area contributed by atoms with Gasteiger partial charge in [-0.2, -0.15) is 0 Å². The van der Waals surface area contributed by atoms with E-state index in [0.717, 1.165) is 5.92 Å². The van der Waals surface area contributed by atoms with Gasteiger partial charge in [0.05, 0.1) is 0 Å². The van der Waals surface area contributed by atoms with Crippen molar-refractivity contribution in [2.24, 2.45) is 5.92 Å². The second-order valence-corrected chi connectivity index (χ2v) is 3.99. The van der Waals surface area contributed by atoms with Gasteiger partial charge in [0.1, 0.15) is 0 Å². The third-order valence-corrected chi connectivity index (χ3v) is 2.88. The molecule has 72 valence electrons. The lowest BCUT2D eigenvalue weighted by molar-refractivity contribution is 0.210. The summed E-state index contributed by atoms with van der Waals surface area (Å²) in [4.78, 5) is 2.44. The standard InChI is InChI=1S/C10H22N2/c1-11-7-3-4-10-5-8-12(2)9-6-10/h10-11H,3-9H2,1-2H3. The fourth-order valence-electron chi connectivity index (χ4n) is 1.92. The minimum absolute atomic E-state index is 1.01. The Bertz CT molecular complexity index is 106. The van der Waals surface area contributed by atoms with E-state index < -0.39 is 0 Å². The van der Waals surface area contributed by atoms with E-state index in [-0.39, 0.29) is 0 Å². The predicted molar refractivity (Wildman–Crippen MR) is 53.4 cm³/mol. The molecule has 0 radical (unpaired) electrons. The highest BCUT2D eigenvalue weighted by Gasteiger charge is 2.15. The van der Waals surface area contributed by atoms with Crippen LogP contribution >= 0.6 is 0 Å². The lowest BCUT2D eigenvalue weighted by atomic mass is 9.92. The first-order valence-electron chi connectivity index (χ1n) is 5.16. The smallest absolute Gasteiger partial charge is 0.00191 e. The van der Waals surface area contributed by atoms with E-state index >= 15 is 0 Å². The van der Waals surface area contributed by atoms with Gasteiger partial charge in [-0.25, -0.2) is 0 Å². The molecule has 1 rings (SSSR count). The third kappa shape index (κ3) is 3.55. The molecule has 1 fully saturated rings. The number of nitrogens with zero attached hydrogens (tertiary/aromatic N) is 1. The number of piperidine rings is 1. The molecular formula is C10H22N2. The molecule has 2 nitrogen and oxygen atoms in total. The molecule has 1 heterocycles. The fraction of sp³-hybridized carbons (Fsp3) is 1.00. The third-order valence-electron chi connectivity index (χ3n) is 2.88. The molecular weight excluding hydrogens is 148 g/mol. The number of hydrogen-bond donors (Lipinski definition) is 1. The molecule has 0 aliphatic carbocycles. The summed E-state index contributed by atoms with van der Waals surface area (Å²) in [5.41, 5.74) is 0. The Morgan fingerprint density at radius 1 is 1.33 bits per heavy atom. The molecule has 0 amide bonds. The predicted octanol–water partition coefficient (Wildman–Crippen LogP) is 1.33. The van der Waals surface area contributed by atoms with Crippen LogP contribution in [0, 0.1) is 5.92 Å². The SMILES string of the molecule is CNCCCC1CCN(C)CC1. The minimum atomic E-state index is 1.01. The lowest BCUT2D eigenvalue weighted by Crippen LogP contribution is -2.30. The van der Waals surface area contributed by atoms with Crippen LogP contribution < -0.4 is 5.32 Å². The quantitative estimate of drug-likeness (QED) is 0.640. The summed E-state index contributed by atoms with van der Waals surface area (Å²) in [5, 5.41) is 3.21. The van der Waals surface area contributed by atoms with Crippen molar-refractivity contribution >= 4 is 0 Å². The Kier molecular flexibility index (Phi) is 4.62. The molecule has 0 saturated carbocycles. The van der Waals surface area contributed by atoms with Crippen LogP contribution in [0.4, 0.5) is 0 Å². The van der Waals surface area contributed by atoms with Gasteiger partial charge in [-0.05, 0) is 65.3 Å². The maximum Gasteiger partial charge on any atom is -0.00191 e. The second kappa shape index (κ2) is 5.55. The van der Waals surface area contributed by atoms with Gasteiger partial charge in [0.2, 0.25) is 0 Å². The van der Waals surface area contributed by atoms with E-state index in [9.17, 15) is 0 Å². The average molecular weight is 170 g/mol. The first-order valence-corrected chi connectivity index (χ1v) is 5.16. The van der Waals surface area contributed by atoms with Crippen LogP contribution in [-0.4, -0.2) is 38.6 Å². The normalized spacial score (nSPS) is 21.5. The van der Waals surface area contributed by atoms with Crippen molar-refractivity contribution < 1.29 is 0 Å². The van der Waals surface area contributed by atoms with E-state index in [1.807, 2.05) is 7.05 Å². The Labute approximate surface area is 76.3 Å². The Hall–Kier alpha value is -0.0800. The minimum Gasteiger partial charge on any atom is -0.320 e. The second-order valence-electron chi connectivity index (χ2n) is 3.99. The molecule has 2 heteroatoms. The molecule has 1 saturated heterocycles. The molecule has 0 aromatic carbocycles. The van der Waals surface area contributed by atoms with Gasteiger partial charge in [0.25, 0.3) is 0 Å². The van der Waals surface area contributed by atoms with Gasteiger partial charge < -0.3 is 10.2 Å². The summed E-state index contributed by atoms with van der Waals surface area (Å²) >= 11 is 0. The van der Waals surface area contributed by atoms with Crippen molar-refractivity contribution in [2.75, 3.05) is 33.7 Å². The molecule has 0 unspecified atom stereocenters. The monoisotopic (exact) mass is 170 g/mol. The summed E-state index contributed by atoms with van der Waals surface area (Å²) in [6.45, 7) is 3.81. The Morgan fingerprint density at radius 3 is 2.58 bits per heavy atom. The van der Waals surface area contributed by atoms with E-state index in [1.54, 1.807) is 0 Å². The van der Waals surface area contributed by atoms with Crippen molar-refractivity contribution in [3.8, 4) is 0 Å². The van der Waals surface area contributed by atoms with Crippen LogP contribution in [0.15, 0.2) is 0 Å². The van der Waals surface area contributed by atoms with Crippen molar-refractivity contribution in [2.45, 2.75) is 25.7 Å². The Balaban J connectivity index is 2.01. The maximum absolute atomic E-state index is 3.21. The average Bonchev–Trinajstić information content (AvgIpc) is 2.09. The zero-order valence-electron chi connectivity index (χ0n) is 8.47. The van der Waals surface area contributed by atoms with Gasteiger partial charge in [-0.15, -0.1) is 0 Å². The first kappa shape index (κ1) is 10.0. The van der Waals surface area contributed by atoms with Crippen molar-refractivity contribution in [3.63, 3.8) is 0 Å². The molecule has 0 bridgehead atoms. The van der Waals surface area contributed by atoms with E-state index in [4.69, 9.17) is 0 Å². The number of rotatable bonds is 4. The van der Waals surface area contributed by atoms with Crippen molar-refractivity contribution in [3.05, 3.63) is 0 Å². The maximum atomic E-state index is 3.21. The summed E-state index contributed by atoms with van der Waals surface area (Å²) in [7, 11) is 4.26. The van der Waals surface area contributed by atoms with Gasteiger partial charge in [0, 0.05) is 0 Å². The van der Waals surface area contributed by atoms with Gasteiger partial charge >= 0.3 is 0 Å². The summed E-state index contributed by atoms with van der Waals surface area (Å²) in [6, 6.07) is 0. The highest BCUT2D eigenvalue weighted by atomic mass is 15.1. The van der Waals surface area contributed by atoms with Gasteiger partial charge in [-0.3, -0.25) is 0 Å². The zero-order valence-corrected chi connectivity index (χ0v) is 8.47. The highest BCUT2D eigenvalue weighted by molar-refractivity contribution is 4.69. The lowest BCUT2D eigenvalue weighted by Gasteiger charge is -2.28. The fourth-order valence-corrected chi connectivity index (χ4v) is 1.92. The summed E-state index contributed by atoms with van der Waals surface area (Å²) in [5.74, 6) is 1.01. The van der Waals surface area contributed by atoms with Crippen LogP contribution in [0.2, 0.25) is 0 Å². The molecule has 0 atom stereocenters. The van der Waals surface area contributed by atoms with Gasteiger partial charge in [-0.1, -0.05) is 0 Å². The topological polar surface area (TPSA) is 15.3 Å². The number of nitrogens with one attached hydrogen (secondary N) is 1. The molecule has 1 aliphatic heterocycles. The van der Waals surface area contributed by atoms with E-state index in [0.29, 0.717) is 0 Å². The van der Waals surface area contributed by atoms with Crippen LogP contribution in [0.25, 0.3) is 0 Å². The summed E-state index contributed by atoms with van der Waals surface area (Å²) in [6.07, 6.45) is 5.61. The van der Waals surface area contributed by atoms with Crippen molar-refractivity contribution in [1.82, 2.24) is 10.2 Å². The molecule has 0 aromatic rings. The first-order chi connectivity index (χ1) is 5.83. The summed E-state index contributed by atoms with van der Waals surface area (Å²) < 4.78 is 0. The molecule has 12 heavy (non-hydrogen) atoms. The molecule has 0 aromatic heterocycles. The van der Waals surface area contributed by atoms with E-state index in [1.165, 1.54) is 45.3 Å². The van der Waals surface area contributed by atoms with Crippen LogP contribution in [0.3, 0.4) is 0 Å². The van der Waals surface area contributed by atoms with Crippen molar-refractivity contribution in [1.29, 1.82) is 0 Å². The Morgan fingerprint density at radius 2 is 2.00 bits per heavy atom. The van der Waals surface area contributed by atoms with Crippen LogP contribution in [0.1, 0.15) is 25.7 Å². The van der Waals surface area contributed by atoms with Crippen LogP contribution in [-0.2, 0) is 0 Å². The zero-order chi connectivity index (χ0) is 8.81. The van der Waals surface area contributed by atoms with E-state index in [2.05, 4.69) is 17.3 Å². The largest absolute Gasteiger partial charge is 0.320 e. The van der Waals surface area contributed by atoms with Gasteiger partial charge in [0.15, 0.2) is 0 Å². The number of hydrogen-bond acceptors (Lipinski definition) is 2. The molecule has 1 N–H and O–H groups in total. The number of likely N-dealkylation sites (tertiary alicyclic amines) is 1. The molecule has 1 aliphatic rings.